The summed E-state index contributed by atoms with van der Waals surface area (Å²) in [4.78, 5) is 12.3. The van der Waals surface area contributed by atoms with Crippen LogP contribution >= 0.6 is 11.6 Å². The zero-order chi connectivity index (χ0) is 15.1. The van der Waals surface area contributed by atoms with Gasteiger partial charge in [0.2, 0.25) is 0 Å². The van der Waals surface area contributed by atoms with Crippen LogP contribution in [0.15, 0.2) is 54.6 Å². The molecule has 110 valence electrons. The number of carbonyl (C=O) groups is 1. The lowest BCUT2D eigenvalue weighted by Crippen LogP contribution is -2.19. The average Bonchev–Trinajstić information content (AvgIpc) is 2.52. The van der Waals surface area contributed by atoms with Gasteiger partial charge in [-0.3, -0.25) is 4.79 Å². The summed E-state index contributed by atoms with van der Waals surface area (Å²) in [6.07, 6.45) is 0.551. The first kappa shape index (κ1) is 15.5. The highest BCUT2D eigenvalue weighted by atomic mass is 35.5. The molecule has 1 unspecified atom stereocenters. The first-order valence-corrected chi connectivity index (χ1v) is 7.24. The van der Waals surface area contributed by atoms with Crippen LogP contribution < -0.4 is 5.73 Å². The smallest absolute Gasteiger partial charge is 0.313 e. The Morgan fingerprint density at radius 3 is 2.38 bits per heavy atom. The zero-order valence-corrected chi connectivity index (χ0v) is 12.4. The highest BCUT2D eigenvalue weighted by Crippen LogP contribution is 2.23. The second-order valence-corrected chi connectivity index (χ2v) is 5.21. The van der Waals surface area contributed by atoms with E-state index in [-0.39, 0.29) is 18.5 Å². The minimum atomic E-state index is -0.351. The molecule has 2 N–H and O–H groups in total. The predicted octanol–water partition coefficient (Wildman–Crippen LogP) is 3.52. The third-order valence-electron chi connectivity index (χ3n) is 3.24. The number of benzene rings is 2. The number of ether oxygens (including phenoxy) is 1. The molecule has 0 spiro atoms. The molecule has 0 aromatic heterocycles. The number of hydrogen-bond donors (Lipinski definition) is 1. The fourth-order valence-corrected chi connectivity index (χ4v) is 2.24. The van der Waals surface area contributed by atoms with Crippen LogP contribution in [0.2, 0.25) is 5.02 Å². The fourth-order valence-electron chi connectivity index (χ4n) is 2.11. The van der Waals surface area contributed by atoms with Crippen LogP contribution in [-0.4, -0.2) is 12.5 Å². The summed E-state index contributed by atoms with van der Waals surface area (Å²) in [6.45, 7) is 0.696. The molecule has 0 heterocycles. The van der Waals surface area contributed by atoms with E-state index >= 15 is 0 Å². The summed E-state index contributed by atoms with van der Waals surface area (Å²) in [5.41, 5.74) is 7.45. The Balaban J connectivity index is 2.03. The van der Waals surface area contributed by atoms with Crippen molar-refractivity contribution in [3.8, 4) is 0 Å². The van der Waals surface area contributed by atoms with Crippen LogP contribution in [0.5, 0.6) is 0 Å². The van der Waals surface area contributed by atoms with Gasteiger partial charge in [0, 0.05) is 5.02 Å². The summed E-state index contributed by atoms with van der Waals surface area (Å²) in [6, 6.07) is 16.8. The molecule has 2 aromatic rings. The first-order chi connectivity index (χ1) is 10.2. The van der Waals surface area contributed by atoms with Crippen molar-refractivity contribution in [1.29, 1.82) is 0 Å². The van der Waals surface area contributed by atoms with Crippen molar-refractivity contribution < 1.29 is 9.53 Å². The Hall–Kier alpha value is -1.84. The summed E-state index contributed by atoms with van der Waals surface area (Å²) in [5, 5.41) is 0.642. The van der Waals surface area contributed by atoms with Gasteiger partial charge in [-0.15, -0.1) is 0 Å². The van der Waals surface area contributed by atoms with Crippen molar-refractivity contribution in [2.75, 3.05) is 6.54 Å². The summed E-state index contributed by atoms with van der Waals surface area (Å²) in [5.74, 6) is -0.609. The third-order valence-corrected chi connectivity index (χ3v) is 3.49. The molecule has 4 heteroatoms. The maximum absolute atomic E-state index is 12.3. The molecule has 0 radical (unpaired) electrons. The van der Waals surface area contributed by atoms with Crippen LogP contribution in [0.1, 0.15) is 23.5 Å². The van der Waals surface area contributed by atoms with E-state index in [1.807, 2.05) is 42.5 Å². The molecule has 0 fully saturated rings. The van der Waals surface area contributed by atoms with Crippen molar-refractivity contribution in [3.05, 3.63) is 70.7 Å². The van der Waals surface area contributed by atoms with Crippen LogP contribution in [0.4, 0.5) is 0 Å². The number of nitrogens with two attached hydrogens (primary N) is 1. The molecule has 0 aliphatic heterocycles. The average molecular weight is 304 g/mol. The summed E-state index contributed by atoms with van der Waals surface area (Å²) < 4.78 is 5.40. The van der Waals surface area contributed by atoms with Crippen LogP contribution in [0.3, 0.4) is 0 Å². The van der Waals surface area contributed by atoms with E-state index in [2.05, 4.69) is 0 Å². The predicted molar refractivity (Wildman–Crippen MR) is 84.1 cm³/mol. The van der Waals surface area contributed by atoms with Gasteiger partial charge >= 0.3 is 5.97 Å². The van der Waals surface area contributed by atoms with Crippen molar-refractivity contribution in [2.45, 2.75) is 18.9 Å². The second kappa shape index (κ2) is 7.81. The quantitative estimate of drug-likeness (QED) is 0.831. The molecular weight excluding hydrogens is 286 g/mol. The van der Waals surface area contributed by atoms with E-state index in [4.69, 9.17) is 22.1 Å². The minimum absolute atomic E-state index is 0.258. The molecule has 2 aromatic carbocycles. The van der Waals surface area contributed by atoms with Gasteiger partial charge in [-0.25, -0.2) is 0 Å². The van der Waals surface area contributed by atoms with Gasteiger partial charge in [-0.2, -0.15) is 0 Å². The molecule has 1 atom stereocenters. The molecule has 0 aliphatic rings. The van der Waals surface area contributed by atoms with E-state index in [0.717, 1.165) is 11.1 Å². The largest absolute Gasteiger partial charge is 0.460 e. The Labute approximate surface area is 129 Å². The number of carbonyl (C=O) groups excluding carboxylic acids is 1. The molecule has 0 saturated heterocycles. The van der Waals surface area contributed by atoms with Crippen molar-refractivity contribution in [3.63, 3.8) is 0 Å². The molecule has 21 heavy (non-hydrogen) atoms. The minimum Gasteiger partial charge on any atom is -0.460 e. The normalized spacial score (nSPS) is 11.9. The van der Waals surface area contributed by atoms with Gasteiger partial charge < -0.3 is 10.5 Å². The molecule has 2 rings (SSSR count). The lowest BCUT2D eigenvalue weighted by atomic mass is 9.96. The maximum Gasteiger partial charge on any atom is 0.313 e. The van der Waals surface area contributed by atoms with E-state index < -0.39 is 0 Å². The van der Waals surface area contributed by atoms with Gasteiger partial charge in [0.05, 0.1) is 5.92 Å². The molecule has 0 saturated carbocycles. The lowest BCUT2D eigenvalue weighted by molar-refractivity contribution is -0.147. The van der Waals surface area contributed by atoms with Gasteiger partial charge in [0.15, 0.2) is 0 Å². The molecule has 0 amide bonds. The van der Waals surface area contributed by atoms with Gasteiger partial charge in [0.1, 0.15) is 6.61 Å². The molecule has 3 nitrogen and oxygen atoms in total. The fraction of sp³-hybridized carbons (Fsp3) is 0.235. The van der Waals surface area contributed by atoms with Gasteiger partial charge in [-0.05, 0) is 36.2 Å². The topological polar surface area (TPSA) is 52.3 Å². The Kier molecular flexibility index (Phi) is 5.78. The first-order valence-electron chi connectivity index (χ1n) is 6.87. The van der Waals surface area contributed by atoms with Crippen molar-refractivity contribution in [1.82, 2.24) is 0 Å². The number of rotatable bonds is 6. The second-order valence-electron chi connectivity index (χ2n) is 4.77. The summed E-state index contributed by atoms with van der Waals surface area (Å²) in [7, 11) is 0. The van der Waals surface area contributed by atoms with Crippen LogP contribution in [0, 0.1) is 0 Å². The van der Waals surface area contributed by atoms with Gasteiger partial charge in [-0.1, -0.05) is 54.1 Å². The highest BCUT2D eigenvalue weighted by molar-refractivity contribution is 6.30. The van der Waals surface area contributed by atoms with Crippen LogP contribution in [0.25, 0.3) is 0 Å². The molecule has 0 bridgehead atoms. The lowest BCUT2D eigenvalue weighted by Gasteiger charge is -2.16. The van der Waals surface area contributed by atoms with E-state index in [1.165, 1.54) is 0 Å². The third kappa shape index (κ3) is 4.59. The van der Waals surface area contributed by atoms with Crippen molar-refractivity contribution >= 4 is 17.6 Å². The van der Waals surface area contributed by atoms with Crippen molar-refractivity contribution in [2.24, 2.45) is 5.73 Å². The Morgan fingerprint density at radius 2 is 1.76 bits per heavy atom. The standard InChI is InChI=1S/C17H18ClNO2/c18-15-8-6-14(7-9-15)16(10-11-19)17(20)21-12-13-4-2-1-3-5-13/h1-9,16H,10-12,19H2. The zero-order valence-electron chi connectivity index (χ0n) is 11.7. The van der Waals surface area contributed by atoms with Gasteiger partial charge in [0.25, 0.3) is 0 Å². The van der Waals surface area contributed by atoms with E-state index in [0.29, 0.717) is 18.0 Å². The number of esters is 1. The number of halogens is 1. The van der Waals surface area contributed by atoms with E-state index in [9.17, 15) is 4.79 Å². The SMILES string of the molecule is NCCC(C(=O)OCc1ccccc1)c1ccc(Cl)cc1. The maximum atomic E-state index is 12.3. The number of hydrogen-bond acceptors (Lipinski definition) is 3. The van der Waals surface area contributed by atoms with E-state index in [1.54, 1.807) is 12.1 Å². The monoisotopic (exact) mass is 303 g/mol. The van der Waals surface area contributed by atoms with Crippen LogP contribution in [-0.2, 0) is 16.1 Å². The Morgan fingerprint density at radius 1 is 1.10 bits per heavy atom. The molecule has 0 aliphatic carbocycles. The Bertz CT molecular complexity index is 569. The highest BCUT2D eigenvalue weighted by Gasteiger charge is 2.21. The molecular formula is C17H18ClNO2. The summed E-state index contributed by atoms with van der Waals surface area (Å²) >= 11 is 5.87.